The third kappa shape index (κ3) is 6.54. The topological polar surface area (TPSA) is 113 Å². The molecule has 0 radical (unpaired) electrons. The lowest BCUT2D eigenvalue weighted by Gasteiger charge is -2.35. The number of carboxylic acids is 2. The largest absolute Gasteiger partial charge is 0.473 e. The first-order chi connectivity index (χ1) is 11.8. The van der Waals surface area contributed by atoms with Gasteiger partial charge in [-0.2, -0.15) is 0 Å². The number of aryl methyl sites for hydroxylation is 1. The predicted molar refractivity (Wildman–Crippen MR) is 91.3 cm³/mol. The average Bonchev–Trinajstić information content (AvgIpc) is 2.58. The van der Waals surface area contributed by atoms with Crippen LogP contribution in [0.2, 0.25) is 0 Å². The molecule has 1 aliphatic heterocycles. The lowest BCUT2D eigenvalue weighted by molar-refractivity contribution is -0.159. The Hall–Kier alpha value is -2.41. The number of esters is 1. The van der Waals surface area contributed by atoms with Crippen molar-refractivity contribution < 1.29 is 29.3 Å². The van der Waals surface area contributed by atoms with Crippen molar-refractivity contribution in [3.05, 3.63) is 35.4 Å². The summed E-state index contributed by atoms with van der Waals surface area (Å²) in [6.45, 7) is 6.12. The van der Waals surface area contributed by atoms with Gasteiger partial charge in [-0.1, -0.05) is 29.8 Å². The fraction of sp³-hybridized carbons (Fsp3) is 0.500. The molecule has 1 heterocycles. The van der Waals surface area contributed by atoms with Crippen molar-refractivity contribution in [3.8, 4) is 0 Å². The van der Waals surface area contributed by atoms with E-state index in [1.165, 1.54) is 11.1 Å². The monoisotopic (exact) mass is 351 g/mol. The van der Waals surface area contributed by atoms with Gasteiger partial charge in [0, 0.05) is 6.54 Å². The molecule has 0 spiro atoms. The minimum Gasteiger partial charge on any atom is -0.473 e. The zero-order valence-corrected chi connectivity index (χ0v) is 14.6. The Balaban J connectivity index is 0.000000450. The van der Waals surface area contributed by atoms with Gasteiger partial charge >= 0.3 is 17.9 Å². The number of aliphatic carboxylic acids is 2. The third-order valence-electron chi connectivity index (χ3n) is 4.03. The highest BCUT2D eigenvalue weighted by Crippen LogP contribution is 2.32. The maximum Gasteiger partial charge on any atom is 0.414 e. The summed E-state index contributed by atoms with van der Waals surface area (Å²) in [5, 5.41) is 18.1. The van der Waals surface area contributed by atoms with Crippen molar-refractivity contribution in [2.45, 2.75) is 33.1 Å². The van der Waals surface area contributed by atoms with Crippen LogP contribution in [0.1, 0.15) is 30.9 Å². The molecule has 138 valence electrons. The molecule has 0 aromatic heterocycles. The molecule has 1 atom stereocenters. The molecule has 1 aromatic rings. The Kier molecular flexibility index (Phi) is 8.07. The number of carbonyl (C=O) groups is 3. The van der Waals surface area contributed by atoms with Gasteiger partial charge in [0.15, 0.2) is 0 Å². The number of ether oxygens (including phenoxy) is 1. The summed E-state index contributed by atoms with van der Waals surface area (Å²) < 4.78 is 5.30. The molecule has 1 aromatic carbocycles. The molecule has 1 saturated heterocycles. The van der Waals surface area contributed by atoms with Crippen LogP contribution in [0, 0.1) is 12.3 Å². The number of rotatable bonds is 4. The highest BCUT2D eigenvalue weighted by Gasteiger charge is 2.40. The summed E-state index contributed by atoms with van der Waals surface area (Å²) >= 11 is 0. The van der Waals surface area contributed by atoms with Crippen molar-refractivity contribution in [3.63, 3.8) is 0 Å². The summed E-state index contributed by atoms with van der Waals surface area (Å²) in [5.41, 5.74) is 2.07. The third-order valence-corrected chi connectivity index (χ3v) is 4.03. The fourth-order valence-corrected chi connectivity index (χ4v) is 2.75. The molecule has 7 heteroatoms. The van der Waals surface area contributed by atoms with Crippen molar-refractivity contribution in [1.29, 1.82) is 0 Å². The second-order valence-corrected chi connectivity index (χ2v) is 6.05. The number of carbonyl (C=O) groups excluding carboxylic acids is 1. The van der Waals surface area contributed by atoms with Crippen molar-refractivity contribution in [2.24, 2.45) is 5.41 Å². The van der Waals surface area contributed by atoms with Crippen molar-refractivity contribution in [2.75, 3.05) is 19.7 Å². The van der Waals surface area contributed by atoms with Gasteiger partial charge in [0.1, 0.15) is 0 Å². The molecule has 3 N–H and O–H groups in total. The van der Waals surface area contributed by atoms with Crippen LogP contribution in [0.5, 0.6) is 0 Å². The normalized spacial score (nSPS) is 19.3. The van der Waals surface area contributed by atoms with Gasteiger partial charge in [0.2, 0.25) is 0 Å². The molecule has 7 nitrogen and oxygen atoms in total. The Morgan fingerprint density at radius 1 is 1.16 bits per heavy atom. The average molecular weight is 351 g/mol. The molecule has 1 fully saturated rings. The second kappa shape index (κ2) is 9.78. The molecular formula is C18H25NO6. The summed E-state index contributed by atoms with van der Waals surface area (Å²) in [7, 11) is 0. The summed E-state index contributed by atoms with van der Waals surface area (Å²) in [5.74, 6) is -3.70. The first-order valence-corrected chi connectivity index (χ1v) is 8.20. The van der Waals surface area contributed by atoms with Gasteiger partial charge in [-0.15, -0.1) is 0 Å². The minimum absolute atomic E-state index is 0.0530. The highest BCUT2D eigenvalue weighted by molar-refractivity contribution is 6.27. The molecule has 0 bridgehead atoms. The maximum atomic E-state index is 12.3. The van der Waals surface area contributed by atoms with E-state index >= 15 is 0 Å². The van der Waals surface area contributed by atoms with Gasteiger partial charge in [0.05, 0.1) is 12.0 Å². The van der Waals surface area contributed by atoms with Crippen molar-refractivity contribution in [1.82, 2.24) is 5.32 Å². The van der Waals surface area contributed by atoms with Gasteiger partial charge in [-0.05, 0) is 45.2 Å². The van der Waals surface area contributed by atoms with E-state index in [1.54, 1.807) is 0 Å². The van der Waals surface area contributed by atoms with E-state index in [4.69, 9.17) is 24.5 Å². The van der Waals surface area contributed by atoms with E-state index in [0.717, 1.165) is 32.4 Å². The number of carboxylic acid groups (broad SMARTS) is 2. The second-order valence-electron chi connectivity index (χ2n) is 6.05. The van der Waals surface area contributed by atoms with Crippen LogP contribution >= 0.6 is 0 Å². The van der Waals surface area contributed by atoms with E-state index in [9.17, 15) is 4.79 Å². The Labute approximate surface area is 147 Å². The Morgan fingerprint density at radius 2 is 1.76 bits per heavy atom. The first kappa shape index (κ1) is 20.6. The smallest absolute Gasteiger partial charge is 0.414 e. The highest BCUT2D eigenvalue weighted by atomic mass is 16.5. The van der Waals surface area contributed by atoms with E-state index in [2.05, 4.69) is 36.5 Å². The summed E-state index contributed by atoms with van der Waals surface area (Å²) in [6.07, 6.45) is 2.70. The molecule has 2 rings (SSSR count). The SMILES string of the molecule is CCOC(=O)C1(Cc2ccc(C)cc2)CCCNC1.O=C(O)C(=O)O. The van der Waals surface area contributed by atoms with Crippen LogP contribution in [0.3, 0.4) is 0 Å². The number of piperidine rings is 1. The van der Waals surface area contributed by atoms with E-state index in [0.29, 0.717) is 6.61 Å². The van der Waals surface area contributed by atoms with E-state index < -0.39 is 11.9 Å². The molecule has 0 amide bonds. The van der Waals surface area contributed by atoms with E-state index in [1.807, 2.05) is 6.92 Å². The molecular weight excluding hydrogens is 326 g/mol. The minimum atomic E-state index is -1.82. The summed E-state index contributed by atoms with van der Waals surface area (Å²) in [6, 6.07) is 8.44. The van der Waals surface area contributed by atoms with Crippen LogP contribution < -0.4 is 5.32 Å². The van der Waals surface area contributed by atoms with Crippen LogP contribution in [0.4, 0.5) is 0 Å². The van der Waals surface area contributed by atoms with Gasteiger partial charge < -0.3 is 20.3 Å². The lowest BCUT2D eigenvalue weighted by atomic mass is 9.75. The molecule has 1 aliphatic rings. The predicted octanol–water partition coefficient (Wildman–Crippen LogP) is 1.63. The fourth-order valence-electron chi connectivity index (χ4n) is 2.75. The zero-order valence-electron chi connectivity index (χ0n) is 14.6. The Morgan fingerprint density at radius 3 is 2.20 bits per heavy atom. The molecule has 1 unspecified atom stereocenters. The molecule has 0 aliphatic carbocycles. The van der Waals surface area contributed by atoms with Gasteiger partial charge in [-0.3, -0.25) is 4.79 Å². The number of nitrogens with one attached hydrogen (secondary N) is 1. The molecule has 25 heavy (non-hydrogen) atoms. The first-order valence-electron chi connectivity index (χ1n) is 8.20. The lowest BCUT2D eigenvalue weighted by Crippen LogP contribution is -2.47. The number of hydrogen-bond acceptors (Lipinski definition) is 5. The van der Waals surface area contributed by atoms with Crippen LogP contribution in [0.15, 0.2) is 24.3 Å². The van der Waals surface area contributed by atoms with Gasteiger partial charge in [0.25, 0.3) is 0 Å². The number of benzene rings is 1. The standard InChI is InChI=1S/C16H23NO2.C2H2O4/c1-3-19-15(18)16(9-4-10-17-12-16)11-14-7-5-13(2)6-8-14;3-1(4)2(5)6/h5-8,17H,3-4,9-12H2,1-2H3;(H,3,4)(H,5,6). The Bertz CT molecular complexity index is 578. The van der Waals surface area contributed by atoms with Crippen LogP contribution in [-0.4, -0.2) is 47.8 Å². The van der Waals surface area contributed by atoms with Gasteiger partial charge in [-0.25, -0.2) is 9.59 Å². The van der Waals surface area contributed by atoms with Crippen molar-refractivity contribution >= 4 is 17.9 Å². The van der Waals surface area contributed by atoms with Crippen LogP contribution in [-0.2, 0) is 25.5 Å². The van der Waals surface area contributed by atoms with Crippen LogP contribution in [0.25, 0.3) is 0 Å². The summed E-state index contributed by atoms with van der Waals surface area (Å²) in [4.78, 5) is 30.5. The van der Waals surface area contributed by atoms with E-state index in [-0.39, 0.29) is 11.4 Å². The zero-order chi connectivity index (χ0) is 18.9. The number of hydrogen-bond donors (Lipinski definition) is 3. The quantitative estimate of drug-likeness (QED) is 0.558. The molecule has 0 saturated carbocycles. The maximum absolute atomic E-state index is 12.3.